The minimum Gasteiger partial charge on any atom is -0.397 e. The van der Waals surface area contributed by atoms with Crippen molar-refractivity contribution >= 4 is 11.6 Å². The summed E-state index contributed by atoms with van der Waals surface area (Å²) in [5, 5.41) is 0. The van der Waals surface area contributed by atoms with E-state index in [2.05, 4.69) is 11.8 Å². The van der Waals surface area contributed by atoms with Crippen molar-refractivity contribution < 1.29 is 4.79 Å². The molecule has 102 valence electrons. The second-order valence-electron chi connectivity index (χ2n) is 4.88. The maximum Gasteiger partial charge on any atom is 0.270 e. The van der Waals surface area contributed by atoms with Crippen molar-refractivity contribution in [2.45, 2.75) is 19.9 Å². The van der Waals surface area contributed by atoms with Crippen LogP contribution in [0.5, 0.6) is 0 Å². The third-order valence-electron chi connectivity index (χ3n) is 2.83. The van der Waals surface area contributed by atoms with E-state index in [9.17, 15) is 4.79 Å². The average Bonchev–Trinajstić information content (AvgIpc) is 2.66. The Hall–Kier alpha value is -1.49. The van der Waals surface area contributed by atoms with Crippen LogP contribution < -0.4 is 5.73 Å². The maximum atomic E-state index is 12.3. The molecule has 1 heterocycles. The number of carbonyl (C=O) groups is 1. The molecule has 1 rings (SSSR count). The highest BCUT2D eigenvalue weighted by molar-refractivity contribution is 5.93. The molecular weight excluding hydrogens is 228 g/mol. The fourth-order valence-electron chi connectivity index (χ4n) is 1.79. The fourth-order valence-corrected chi connectivity index (χ4v) is 1.79. The summed E-state index contributed by atoms with van der Waals surface area (Å²) in [5.74, 6) is 0.0296. The summed E-state index contributed by atoms with van der Waals surface area (Å²) in [6.45, 7) is 4.47. The molecule has 0 aliphatic carbocycles. The molecule has 0 fully saturated rings. The van der Waals surface area contributed by atoms with Crippen LogP contribution in [0, 0.1) is 0 Å². The second kappa shape index (κ2) is 6.44. The Kier molecular flexibility index (Phi) is 5.22. The summed E-state index contributed by atoms with van der Waals surface area (Å²) in [6, 6.07) is 1.75. The summed E-state index contributed by atoms with van der Waals surface area (Å²) < 4.78 is 1.93. The van der Waals surface area contributed by atoms with Gasteiger partial charge in [0, 0.05) is 32.9 Å². The quantitative estimate of drug-likeness (QED) is 0.825. The van der Waals surface area contributed by atoms with E-state index < -0.39 is 0 Å². The van der Waals surface area contributed by atoms with Crippen molar-refractivity contribution in [2.24, 2.45) is 0 Å². The van der Waals surface area contributed by atoms with Gasteiger partial charge in [0.25, 0.3) is 5.91 Å². The van der Waals surface area contributed by atoms with Crippen LogP contribution in [0.4, 0.5) is 5.69 Å². The van der Waals surface area contributed by atoms with Crippen molar-refractivity contribution in [1.29, 1.82) is 0 Å². The Morgan fingerprint density at radius 2 is 2.00 bits per heavy atom. The molecule has 0 saturated carbocycles. The number of likely N-dealkylation sites (N-methyl/N-ethyl adjacent to an activating group) is 2. The number of carbonyl (C=O) groups excluding carboxylic acids is 1. The predicted molar refractivity (Wildman–Crippen MR) is 74.6 cm³/mol. The zero-order valence-electron chi connectivity index (χ0n) is 11.8. The minimum atomic E-state index is 0.0296. The number of anilines is 1. The average molecular weight is 252 g/mol. The van der Waals surface area contributed by atoms with E-state index in [4.69, 9.17) is 5.73 Å². The van der Waals surface area contributed by atoms with Gasteiger partial charge in [0.1, 0.15) is 5.69 Å². The van der Waals surface area contributed by atoms with Crippen LogP contribution in [0.2, 0.25) is 0 Å². The molecule has 0 atom stereocenters. The molecular formula is C13H24N4O. The zero-order valence-corrected chi connectivity index (χ0v) is 11.8. The highest BCUT2D eigenvalue weighted by Crippen LogP contribution is 2.13. The molecule has 0 saturated heterocycles. The first-order chi connectivity index (χ1) is 8.45. The number of nitrogen functional groups attached to an aromatic ring is 1. The van der Waals surface area contributed by atoms with Crippen molar-refractivity contribution in [1.82, 2.24) is 14.4 Å². The largest absolute Gasteiger partial charge is 0.397 e. The van der Waals surface area contributed by atoms with Gasteiger partial charge < -0.3 is 20.1 Å². The second-order valence-corrected chi connectivity index (χ2v) is 4.88. The molecule has 5 heteroatoms. The Balaban J connectivity index is 2.76. The molecule has 1 amide bonds. The molecule has 2 N–H and O–H groups in total. The van der Waals surface area contributed by atoms with Crippen molar-refractivity contribution in [2.75, 3.05) is 40.0 Å². The number of nitrogens with two attached hydrogens (primary N) is 1. The zero-order chi connectivity index (χ0) is 13.7. The lowest BCUT2D eigenvalue weighted by Crippen LogP contribution is -2.34. The summed E-state index contributed by atoms with van der Waals surface area (Å²) in [7, 11) is 5.82. The molecule has 0 aliphatic rings. The highest BCUT2D eigenvalue weighted by Gasteiger charge is 2.16. The summed E-state index contributed by atoms with van der Waals surface area (Å²) >= 11 is 0. The van der Waals surface area contributed by atoms with Crippen molar-refractivity contribution in [3.8, 4) is 0 Å². The highest BCUT2D eigenvalue weighted by atomic mass is 16.2. The number of nitrogens with zero attached hydrogens (tertiary/aromatic N) is 3. The SMILES string of the molecule is CCCn1cc(N)cc1C(=O)N(C)CCN(C)C. The molecule has 0 unspecified atom stereocenters. The Morgan fingerprint density at radius 1 is 1.33 bits per heavy atom. The van der Waals surface area contributed by atoms with Gasteiger partial charge in [-0.15, -0.1) is 0 Å². The number of aryl methyl sites for hydroxylation is 1. The van der Waals surface area contributed by atoms with Crippen molar-refractivity contribution in [3.63, 3.8) is 0 Å². The summed E-state index contributed by atoms with van der Waals surface area (Å²) in [6.07, 6.45) is 2.81. The van der Waals surface area contributed by atoms with Gasteiger partial charge in [-0.2, -0.15) is 0 Å². The first-order valence-electron chi connectivity index (χ1n) is 6.31. The monoisotopic (exact) mass is 252 g/mol. The van der Waals surface area contributed by atoms with Crippen molar-refractivity contribution in [3.05, 3.63) is 18.0 Å². The number of hydrogen-bond donors (Lipinski definition) is 1. The minimum absolute atomic E-state index is 0.0296. The van der Waals surface area contributed by atoms with Crippen LogP contribution in [-0.4, -0.2) is 54.5 Å². The third kappa shape index (κ3) is 3.77. The molecule has 0 aromatic carbocycles. The normalized spacial score (nSPS) is 10.9. The van der Waals surface area contributed by atoms with Gasteiger partial charge in [-0.3, -0.25) is 4.79 Å². The predicted octanol–water partition coefficient (Wildman–Crippen LogP) is 1.11. The van der Waals surface area contributed by atoms with E-state index in [1.807, 2.05) is 31.9 Å². The number of hydrogen-bond acceptors (Lipinski definition) is 3. The van der Waals surface area contributed by atoms with Gasteiger partial charge in [0.05, 0.1) is 5.69 Å². The first kappa shape index (κ1) is 14.6. The summed E-state index contributed by atoms with van der Waals surface area (Å²) in [5.41, 5.74) is 7.09. The third-order valence-corrected chi connectivity index (χ3v) is 2.83. The number of amides is 1. The lowest BCUT2D eigenvalue weighted by atomic mass is 10.3. The Labute approximate surface area is 109 Å². The number of aromatic nitrogens is 1. The van der Waals surface area contributed by atoms with Gasteiger partial charge in [-0.1, -0.05) is 6.92 Å². The lowest BCUT2D eigenvalue weighted by molar-refractivity contribution is 0.0775. The lowest BCUT2D eigenvalue weighted by Gasteiger charge is -2.20. The molecule has 0 bridgehead atoms. The standard InChI is InChI=1S/C13H24N4O/c1-5-6-17-10-11(14)9-12(17)13(18)16(4)8-7-15(2)3/h9-10H,5-8,14H2,1-4H3. The van der Waals surface area contributed by atoms with Crippen LogP contribution in [0.1, 0.15) is 23.8 Å². The topological polar surface area (TPSA) is 54.5 Å². The van der Waals surface area contributed by atoms with Crippen LogP contribution in [0.25, 0.3) is 0 Å². The van der Waals surface area contributed by atoms with E-state index in [1.165, 1.54) is 0 Å². The molecule has 1 aromatic heterocycles. The van der Waals surface area contributed by atoms with Crippen LogP contribution >= 0.6 is 0 Å². The van der Waals surface area contributed by atoms with Crippen LogP contribution in [0.3, 0.4) is 0 Å². The molecule has 5 nitrogen and oxygen atoms in total. The summed E-state index contributed by atoms with van der Waals surface area (Å²) in [4.78, 5) is 16.1. The van der Waals surface area contributed by atoms with E-state index in [0.717, 1.165) is 19.5 Å². The van der Waals surface area contributed by atoms with Gasteiger partial charge in [0.15, 0.2) is 0 Å². The van der Waals surface area contributed by atoms with Gasteiger partial charge in [-0.25, -0.2) is 0 Å². The molecule has 0 aliphatic heterocycles. The molecule has 0 radical (unpaired) electrons. The smallest absolute Gasteiger partial charge is 0.270 e. The van der Waals surface area contributed by atoms with Gasteiger partial charge in [0.2, 0.25) is 0 Å². The molecule has 18 heavy (non-hydrogen) atoms. The van der Waals surface area contributed by atoms with Gasteiger partial charge in [-0.05, 0) is 26.6 Å². The number of rotatable bonds is 6. The Morgan fingerprint density at radius 3 is 2.56 bits per heavy atom. The van der Waals surface area contributed by atoms with Gasteiger partial charge >= 0.3 is 0 Å². The maximum absolute atomic E-state index is 12.3. The van der Waals surface area contributed by atoms with E-state index >= 15 is 0 Å². The van der Waals surface area contributed by atoms with E-state index in [-0.39, 0.29) is 5.91 Å². The van der Waals surface area contributed by atoms with Crippen LogP contribution in [-0.2, 0) is 6.54 Å². The first-order valence-corrected chi connectivity index (χ1v) is 6.31. The fraction of sp³-hybridized carbons (Fsp3) is 0.615. The van der Waals surface area contributed by atoms with E-state index in [0.29, 0.717) is 17.9 Å². The van der Waals surface area contributed by atoms with E-state index in [1.54, 1.807) is 11.0 Å². The van der Waals surface area contributed by atoms with Crippen LogP contribution in [0.15, 0.2) is 12.3 Å². The molecule has 1 aromatic rings. The Bertz CT molecular complexity index is 398. The molecule has 0 spiro atoms.